The van der Waals surface area contributed by atoms with E-state index in [4.69, 9.17) is 4.42 Å². The van der Waals surface area contributed by atoms with Crippen molar-refractivity contribution in [1.29, 1.82) is 0 Å². The molecule has 0 saturated carbocycles. The summed E-state index contributed by atoms with van der Waals surface area (Å²) in [6.45, 7) is 10.8. The summed E-state index contributed by atoms with van der Waals surface area (Å²) in [5.41, 5.74) is 7.67. The van der Waals surface area contributed by atoms with Crippen molar-refractivity contribution in [2.24, 2.45) is 0 Å². The monoisotopic (exact) mass is 188 g/mol. The largest absolute Gasteiger partial charge is 0.464 e. The molecule has 0 unspecified atom stereocenters. The molecule has 0 saturated heterocycles. The highest BCUT2D eigenvalue weighted by molar-refractivity contribution is 5.89. The maximum Gasteiger partial charge on any atom is 0.137 e. The normalized spacial score (nSPS) is 11.2. The molecule has 0 aliphatic carbocycles. The van der Waals surface area contributed by atoms with Gasteiger partial charge in [0.25, 0.3) is 0 Å². The number of furan rings is 1. The Morgan fingerprint density at radius 1 is 0.786 bits per heavy atom. The first kappa shape index (κ1) is 9.32. The van der Waals surface area contributed by atoms with Gasteiger partial charge in [-0.25, -0.2) is 0 Å². The molecule has 0 aliphatic rings. The van der Waals surface area contributed by atoms with Crippen molar-refractivity contribution < 1.29 is 4.42 Å². The summed E-state index contributed by atoms with van der Waals surface area (Å²) in [6.07, 6.45) is 1.85. The molecule has 1 aromatic heterocycles. The first-order chi connectivity index (χ1) is 6.54. The zero-order chi connectivity index (χ0) is 10.5. The average Bonchev–Trinajstić information content (AvgIpc) is 2.54. The quantitative estimate of drug-likeness (QED) is 0.609. The minimum absolute atomic E-state index is 1.06. The van der Waals surface area contributed by atoms with Crippen LogP contribution in [0.1, 0.15) is 27.8 Å². The summed E-state index contributed by atoms with van der Waals surface area (Å²) in [4.78, 5) is 0. The van der Waals surface area contributed by atoms with Gasteiger partial charge in [-0.05, 0) is 62.4 Å². The number of hydrogen-bond donors (Lipinski definition) is 0. The van der Waals surface area contributed by atoms with Crippen LogP contribution in [0, 0.1) is 34.6 Å². The lowest BCUT2D eigenvalue weighted by molar-refractivity contribution is 0.610. The van der Waals surface area contributed by atoms with Gasteiger partial charge in [0.15, 0.2) is 0 Å². The van der Waals surface area contributed by atoms with Gasteiger partial charge < -0.3 is 4.42 Å². The molecular weight excluding hydrogens is 172 g/mol. The van der Waals surface area contributed by atoms with Crippen LogP contribution in [0.15, 0.2) is 10.7 Å². The van der Waals surface area contributed by atoms with Crippen molar-refractivity contribution in [2.45, 2.75) is 34.6 Å². The Morgan fingerprint density at radius 3 is 2.00 bits per heavy atom. The van der Waals surface area contributed by atoms with Crippen LogP contribution in [0.25, 0.3) is 11.0 Å². The van der Waals surface area contributed by atoms with E-state index in [0.717, 1.165) is 5.58 Å². The average molecular weight is 188 g/mol. The highest BCUT2D eigenvalue weighted by Gasteiger charge is 2.13. The molecule has 74 valence electrons. The number of hydrogen-bond acceptors (Lipinski definition) is 1. The number of aryl methyl sites for hydroxylation is 3. The van der Waals surface area contributed by atoms with Crippen molar-refractivity contribution in [2.75, 3.05) is 0 Å². The first-order valence-corrected chi connectivity index (χ1v) is 4.98. The lowest BCUT2D eigenvalue weighted by Crippen LogP contribution is -1.92. The third-order valence-electron chi connectivity index (χ3n) is 3.38. The molecule has 0 bridgehead atoms. The third kappa shape index (κ3) is 1.02. The van der Waals surface area contributed by atoms with Gasteiger partial charge in [-0.3, -0.25) is 0 Å². The molecule has 0 fully saturated rings. The molecule has 0 amide bonds. The third-order valence-corrected chi connectivity index (χ3v) is 3.38. The smallest absolute Gasteiger partial charge is 0.137 e. The minimum Gasteiger partial charge on any atom is -0.464 e. The Balaban J connectivity index is 3.05. The van der Waals surface area contributed by atoms with Crippen molar-refractivity contribution >= 4 is 11.0 Å². The summed E-state index contributed by atoms with van der Waals surface area (Å²) < 4.78 is 5.60. The molecule has 2 aromatic rings. The molecule has 1 aromatic carbocycles. The molecular formula is C13H16O. The molecule has 0 atom stereocenters. The molecule has 0 radical (unpaired) electrons. The van der Waals surface area contributed by atoms with Gasteiger partial charge in [-0.15, -0.1) is 0 Å². The SMILES string of the molecule is Cc1c(C)c(C)c2c(C)coc2c1C. The minimum atomic E-state index is 1.06. The fourth-order valence-corrected chi connectivity index (χ4v) is 2.11. The van der Waals surface area contributed by atoms with Crippen LogP contribution in [-0.4, -0.2) is 0 Å². The van der Waals surface area contributed by atoms with E-state index in [9.17, 15) is 0 Å². The first-order valence-electron chi connectivity index (χ1n) is 4.98. The maximum atomic E-state index is 5.60. The van der Waals surface area contributed by atoms with E-state index < -0.39 is 0 Å². The van der Waals surface area contributed by atoms with E-state index in [1.165, 1.54) is 33.2 Å². The fourth-order valence-electron chi connectivity index (χ4n) is 2.11. The van der Waals surface area contributed by atoms with E-state index in [0.29, 0.717) is 0 Å². The van der Waals surface area contributed by atoms with E-state index in [1.54, 1.807) is 0 Å². The van der Waals surface area contributed by atoms with Crippen LogP contribution in [-0.2, 0) is 0 Å². The molecule has 1 heterocycles. The van der Waals surface area contributed by atoms with Crippen molar-refractivity contribution in [3.8, 4) is 0 Å². The Kier molecular flexibility index (Phi) is 1.91. The Morgan fingerprint density at radius 2 is 1.36 bits per heavy atom. The predicted molar refractivity (Wildman–Crippen MR) is 59.9 cm³/mol. The van der Waals surface area contributed by atoms with Crippen molar-refractivity contribution in [3.05, 3.63) is 34.1 Å². The number of fused-ring (bicyclic) bond motifs is 1. The van der Waals surface area contributed by atoms with Crippen LogP contribution in [0.5, 0.6) is 0 Å². The molecule has 1 heteroatoms. The van der Waals surface area contributed by atoms with Gasteiger partial charge in [0.1, 0.15) is 5.58 Å². The molecule has 0 spiro atoms. The van der Waals surface area contributed by atoms with E-state index in [1.807, 2.05) is 6.26 Å². The second-order valence-electron chi connectivity index (χ2n) is 4.12. The highest BCUT2D eigenvalue weighted by Crippen LogP contribution is 2.32. The second kappa shape index (κ2) is 2.88. The van der Waals surface area contributed by atoms with E-state index in [2.05, 4.69) is 34.6 Å². The predicted octanol–water partition coefficient (Wildman–Crippen LogP) is 3.97. The van der Waals surface area contributed by atoms with Crippen LogP contribution >= 0.6 is 0 Å². The highest BCUT2D eigenvalue weighted by atomic mass is 16.3. The van der Waals surface area contributed by atoms with Crippen LogP contribution in [0.4, 0.5) is 0 Å². The molecule has 14 heavy (non-hydrogen) atoms. The summed E-state index contributed by atoms with van der Waals surface area (Å²) in [5, 5.41) is 1.30. The van der Waals surface area contributed by atoms with Gasteiger partial charge in [-0.1, -0.05) is 0 Å². The summed E-state index contributed by atoms with van der Waals surface area (Å²) in [6, 6.07) is 0. The summed E-state index contributed by atoms with van der Waals surface area (Å²) >= 11 is 0. The van der Waals surface area contributed by atoms with Crippen LogP contribution in [0.2, 0.25) is 0 Å². The van der Waals surface area contributed by atoms with Gasteiger partial charge in [0, 0.05) is 5.39 Å². The van der Waals surface area contributed by atoms with Gasteiger partial charge >= 0.3 is 0 Å². The lowest BCUT2D eigenvalue weighted by atomic mass is 9.94. The van der Waals surface area contributed by atoms with Crippen LogP contribution < -0.4 is 0 Å². The molecule has 0 aliphatic heterocycles. The van der Waals surface area contributed by atoms with Crippen molar-refractivity contribution in [3.63, 3.8) is 0 Å². The van der Waals surface area contributed by atoms with Gasteiger partial charge in [0.2, 0.25) is 0 Å². The second-order valence-corrected chi connectivity index (χ2v) is 4.12. The number of rotatable bonds is 0. The summed E-state index contributed by atoms with van der Waals surface area (Å²) in [7, 11) is 0. The fraction of sp³-hybridized carbons (Fsp3) is 0.385. The van der Waals surface area contributed by atoms with Crippen LogP contribution in [0.3, 0.4) is 0 Å². The molecule has 1 nitrogen and oxygen atoms in total. The van der Waals surface area contributed by atoms with Crippen molar-refractivity contribution in [1.82, 2.24) is 0 Å². The zero-order valence-electron chi connectivity index (χ0n) is 9.49. The van der Waals surface area contributed by atoms with E-state index >= 15 is 0 Å². The molecule has 0 N–H and O–H groups in total. The Labute approximate surface area is 84.7 Å². The zero-order valence-corrected chi connectivity index (χ0v) is 9.49. The van der Waals surface area contributed by atoms with Gasteiger partial charge in [0.05, 0.1) is 6.26 Å². The standard InChI is InChI=1S/C13H16O/c1-7-6-14-13-11(5)9(3)8(2)10(4)12(7)13/h6H,1-5H3. The number of benzene rings is 1. The maximum absolute atomic E-state index is 5.60. The topological polar surface area (TPSA) is 13.1 Å². The Bertz CT molecular complexity index is 504. The Hall–Kier alpha value is -1.24. The van der Waals surface area contributed by atoms with E-state index in [-0.39, 0.29) is 0 Å². The summed E-state index contributed by atoms with van der Waals surface area (Å²) in [5.74, 6) is 0. The lowest BCUT2D eigenvalue weighted by Gasteiger charge is -2.10. The molecule has 2 rings (SSSR count). The van der Waals surface area contributed by atoms with Gasteiger partial charge in [-0.2, -0.15) is 0 Å².